The van der Waals surface area contributed by atoms with Crippen LogP contribution in [0.2, 0.25) is 0 Å². The number of aromatic amines is 1. The van der Waals surface area contributed by atoms with Gasteiger partial charge in [0.25, 0.3) is 0 Å². The number of aromatic nitrogens is 1. The van der Waals surface area contributed by atoms with Crippen LogP contribution in [-0.4, -0.2) is 17.0 Å². The largest absolute Gasteiger partial charge is 0.491 e. The van der Waals surface area contributed by atoms with Crippen molar-refractivity contribution < 1.29 is 13.9 Å². The summed E-state index contributed by atoms with van der Waals surface area (Å²) in [6.07, 6.45) is 4.17. The molecule has 0 spiro atoms. The summed E-state index contributed by atoms with van der Waals surface area (Å²) in [4.78, 5) is 27.6. The SMILES string of the molecule is CC(C)Oc1ccc(CNC(=O)Cc2c[nH]c3c(c2=O)CCC3)c(F)c1. The molecule has 1 amide bonds. The van der Waals surface area contributed by atoms with Gasteiger partial charge in [0.15, 0.2) is 5.43 Å². The molecule has 0 fully saturated rings. The minimum Gasteiger partial charge on any atom is -0.491 e. The van der Waals surface area contributed by atoms with Gasteiger partial charge in [-0.1, -0.05) is 6.07 Å². The van der Waals surface area contributed by atoms with Crippen molar-refractivity contribution >= 4 is 5.91 Å². The molecule has 0 atom stereocenters. The molecule has 0 saturated heterocycles. The number of hydrogen-bond donors (Lipinski definition) is 2. The number of halogens is 1. The molecule has 3 rings (SSSR count). The van der Waals surface area contributed by atoms with Gasteiger partial charge in [-0.15, -0.1) is 0 Å². The Morgan fingerprint density at radius 1 is 1.31 bits per heavy atom. The lowest BCUT2D eigenvalue weighted by Gasteiger charge is -2.11. The van der Waals surface area contributed by atoms with Gasteiger partial charge < -0.3 is 15.0 Å². The fraction of sp³-hybridized carbons (Fsp3) is 0.400. The first-order valence-electron chi connectivity index (χ1n) is 8.88. The Morgan fingerprint density at radius 3 is 2.85 bits per heavy atom. The number of rotatable bonds is 6. The Hall–Kier alpha value is -2.63. The van der Waals surface area contributed by atoms with Crippen LogP contribution in [0.15, 0.2) is 29.2 Å². The summed E-state index contributed by atoms with van der Waals surface area (Å²) in [5, 5.41) is 2.67. The second kappa shape index (κ2) is 7.72. The molecule has 26 heavy (non-hydrogen) atoms. The van der Waals surface area contributed by atoms with E-state index in [0.29, 0.717) is 16.9 Å². The standard InChI is InChI=1S/C20H23FN2O3/c1-12(2)26-15-7-6-13(17(21)9-15)10-23-19(24)8-14-11-22-18-5-3-4-16(18)20(14)25/h6-7,9,11-12H,3-5,8,10H2,1-2H3,(H,22,25)(H,23,24). The number of amides is 1. The van der Waals surface area contributed by atoms with E-state index in [1.54, 1.807) is 18.3 Å². The molecular formula is C20H23FN2O3. The normalized spacial score (nSPS) is 12.9. The highest BCUT2D eigenvalue weighted by atomic mass is 19.1. The molecule has 5 nitrogen and oxygen atoms in total. The number of ether oxygens (including phenoxy) is 1. The lowest BCUT2D eigenvalue weighted by Crippen LogP contribution is -2.28. The average molecular weight is 358 g/mol. The zero-order chi connectivity index (χ0) is 18.7. The third-order valence-electron chi connectivity index (χ3n) is 4.43. The fourth-order valence-electron chi connectivity index (χ4n) is 3.16. The number of aryl methyl sites for hydroxylation is 1. The minimum absolute atomic E-state index is 0.0151. The van der Waals surface area contributed by atoms with Crippen molar-refractivity contribution in [1.82, 2.24) is 10.3 Å². The Labute approximate surface area is 151 Å². The molecule has 0 bridgehead atoms. The van der Waals surface area contributed by atoms with Gasteiger partial charge in [-0.25, -0.2) is 4.39 Å². The number of carbonyl (C=O) groups excluding carboxylic acids is 1. The van der Waals surface area contributed by atoms with Crippen LogP contribution in [-0.2, 0) is 30.6 Å². The predicted octanol–water partition coefficient (Wildman–Crippen LogP) is 2.65. The molecule has 1 aliphatic rings. The van der Waals surface area contributed by atoms with Crippen molar-refractivity contribution in [2.75, 3.05) is 0 Å². The molecule has 2 N–H and O–H groups in total. The van der Waals surface area contributed by atoms with Crippen molar-refractivity contribution in [2.45, 2.75) is 52.2 Å². The molecule has 1 aromatic carbocycles. The summed E-state index contributed by atoms with van der Waals surface area (Å²) < 4.78 is 19.5. The third-order valence-corrected chi connectivity index (χ3v) is 4.43. The second-order valence-corrected chi connectivity index (χ2v) is 6.83. The highest BCUT2D eigenvalue weighted by Gasteiger charge is 2.18. The first kappa shape index (κ1) is 18.2. The average Bonchev–Trinajstić information content (AvgIpc) is 3.05. The van der Waals surface area contributed by atoms with Gasteiger partial charge in [0.05, 0.1) is 12.5 Å². The minimum atomic E-state index is -0.432. The maximum atomic E-state index is 14.1. The monoisotopic (exact) mass is 358 g/mol. The van der Waals surface area contributed by atoms with Gasteiger partial charge in [0.2, 0.25) is 5.91 Å². The highest BCUT2D eigenvalue weighted by Crippen LogP contribution is 2.18. The first-order chi connectivity index (χ1) is 12.4. The van der Waals surface area contributed by atoms with Crippen LogP contribution in [0.1, 0.15) is 42.7 Å². The van der Waals surface area contributed by atoms with E-state index >= 15 is 0 Å². The summed E-state index contributed by atoms with van der Waals surface area (Å²) in [6, 6.07) is 4.58. The quantitative estimate of drug-likeness (QED) is 0.834. The summed E-state index contributed by atoms with van der Waals surface area (Å²) in [7, 11) is 0. The maximum absolute atomic E-state index is 14.1. The van der Waals surface area contributed by atoms with Crippen molar-refractivity contribution in [3.63, 3.8) is 0 Å². The van der Waals surface area contributed by atoms with Gasteiger partial charge in [-0.05, 0) is 39.2 Å². The van der Waals surface area contributed by atoms with Crippen molar-refractivity contribution in [3.8, 4) is 5.75 Å². The van der Waals surface area contributed by atoms with Crippen LogP contribution in [0, 0.1) is 5.82 Å². The number of benzene rings is 1. The number of carbonyl (C=O) groups is 1. The number of nitrogens with one attached hydrogen (secondary N) is 2. The summed E-state index contributed by atoms with van der Waals surface area (Å²) >= 11 is 0. The summed E-state index contributed by atoms with van der Waals surface area (Å²) in [5.74, 6) is -0.286. The topological polar surface area (TPSA) is 71.2 Å². The summed E-state index contributed by atoms with van der Waals surface area (Å²) in [6.45, 7) is 3.80. The van der Waals surface area contributed by atoms with E-state index in [9.17, 15) is 14.0 Å². The molecule has 138 valence electrons. The number of hydrogen-bond acceptors (Lipinski definition) is 3. The van der Waals surface area contributed by atoms with Gasteiger partial charge in [0.1, 0.15) is 11.6 Å². The van der Waals surface area contributed by atoms with Gasteiger partial charge in [0, 0.05) is 41.2 Å². The molecular weight excluding hydrogens is 335 g/mol. The Kier molecular flexibility index (Phi) is 5.40. The third kappa shape index (κ3) is 4.12. The van der Waals surface area contributed by atoms with E-state index in [4.69, 9.17) is 4.74 Å². The van der Waals surface area contributed by atoms with Crippen molar-refractivity contribution in [1.29, 1.82) is 0 Å². The van der Waals surface area contributed by atoms with Gasteiger partial charge >= 0.3 is 0 Å². The van der Waals surface area contributed by atoms with Crippen LogP contribution >= 0.6 is 0 Å². The first-order valence-corrected chi connectivity index (χ1v) is 8.88. The molecule has 1 aromatic heterocycles. The molecule has 6 heteroatoms. The Balaban J connectivity index is 1.60. The van der Waals surface area contributed by atoms with Crippen LogP contribution in [0.4, 0.5) is 4.39 Å². The molecule has 0 aliphatic heterocycles. The van der Waals surface area contributed by atoms with Crippen LogP contribution in [0.3, 0.4) is 0 Å². The van der Waals surface area contributed by atoms with Crippen LogP contribution in [0.5, 0.6) is 5.75 Å². The van der Waals surface area contributed by atoms with Crippen LogP contribution < -0.4 is 15.5 Å². The van der Waals surface area contributed by atoms with E-state index in [-0.39, 0.29) is 30.4 Å². The van der Waals surface area contributed by atoms with Crippen molar-refractivity contribution in [3.05, 3.63) is 62.8 Å². The predicted molar refractivity (Wildman–Crippen MR) is 96.8 cm³/mol. The number of H-pyrrole nitrogens is 1. The molecule has 2 aromatic rings. The molecule has 0 unspecified atom stereocenters. The summed E-state index contributed by atoms with van der Waals surface area (Å²) in [5.41, 5.74) is 2.54. The zero-order valence-corrected chi connectivity index (χ0v) is 15.0. The number of fused-ring (bicyclic) bond motifs is 1. The molecule has 0 radical (unpaired) electrons. The second-order valence-electron chi connectivity index (χ2n) is 6.83. The van der Waals surface area contributed by atoms with E-state index < -0.39 is 5.82 Å². The highest BCUT2D eigenvalue weighted by molar-refractivity contribution is 5.78. The maximum Gasteiger partial charge on any atom is 0.224 e. The molecule has 0 saturated carbocycles. The number of pyridine rings is 1. The lowest BCUT2D eigenvalue weighted by atomic mass is 10.1. The van der Waals surface area contributed by atoms with Gasteiger partial charge in [-0.2, -0.15) is 0 Å². The van der Waals surface area contributed by atoms with E-state index in [0.717, 1.165) is 30.5 Å². The van der Waals surface area contributed by atoms with E-state index in [1.165, 1.54) is 6.07 Å². The van der Waals surface area contributed by atoms with E-state index in [2.05, 4.69) is 10.3 Å². The van der Waals surface area contributed by atoms with Crippen molar-refractivity contribution in [2.24, 2.45) is 0 Å². The smallest absolute Gasteiger partial charge is 0.224 e. The molecule has 1 heterocycles. The Morgan fingerprint density at radius 2 is 2.12 bits per heavy atom. The molecule has 1 aliphatic carbocycles. The van der Waals surface area contributed by atoms with E-state index in [1.807, 2.05) is 13.8 Å². The lowest BCUT2D eigenvalue weighted by molar-refractivity contribution is -0.120. The van der Waals surface area contributed by atoms with Gasteiger partial charge in [-0.3, -0.25) is 9.59 Å². The zero-order valence-electron chi connectivity index (χ0n) is 15.0. The van der Waals surface area contributed by atoms with Crippen LogP contribution in [0.25, 0.3) is 0 Å². The Bertz CT molecular complexity index is 874. The fourth-order valence-corrected chi connectivity index (χ4v) is 3.16.